The van der Waals surface area contributed by atoms with E-state index in [9.17, 15) is 0 Å². The van der Waals surface area contributed by atoms with E-state index in [0.29, 0.717) is 13.2 Å². The van der Waals surface area contributed by atoms with Crippen LogP contribution in [-0.2, 0) is 9.47 Å². The quantitative estimate of drug-likeness (QED) is 0.696. The SMILES string of the molecule is COCCOCCN1CCN(c2ccccc2)CC1. The molecule has 1 aliphatic heterocycles. The third-order valence-corrected chi connectivity index (χ3v) is 3.48. The third-order valence-electron chi connectivity index (χ3n) is 3.48. The Balaban J connectivity index is 1.63. The lowest BCUT2D eigenvalue weighted by molar-refractivity contribution is 0.0563. The number of anilines is 1. The van der Waals surface area contributed by atoms with Crippen LogP contribution >= 0.6 is 0 Å². The third kappa shape index (κ3) is 4.82. The van der Waals surface area contributed by atoms with E-state index in [-0.39, 0.29) is 0 Å². The highest BCUT2D eigenvalue weighted by Crippen LogP contribution is 2.15. The van der Waals surface area contributed by atoms with Gasteiger partial charge in [-0.2, -0.15) is 0 Å². The van der Waals surface area contributed by atoms with E-state index in [1.165, 1.54) is 5.69 Å². The summed E-state index contributed by atoms with van der Waals surface area (Å²) in [5.41, 5.74) is 1.33. The molecule has 1 fully saturated rings. The van der Waals surface area contributed by atoms with Crippen molar-refractivity contribution >= 4 is 5.69 Å². The number of para-hydroxylation sites is 1. The largest absolute Gasteiger partial charge is 0.382 e. The molecule has 4 nitrogen and oxygen atoms in total. The van der Waals surface area contributed by atoms with E-state index in [4.69, 9.17) is 9.47 Å². The normalized spacial score (nSPS) is 16.8. The van der Waals surface area contributed by atoms with Gasteiger partial charge in [0.15, 0.2) is 0 Å². The van der Waals surface area contributed by atoms with Crippen LogP contribution in [0.3, 0.4) is 0 Å². The zero-order valence-electron chi connectivity index (χ0n) is 11.8. The van der Waals surface area contributed by atoms with Crippen molar-refractivity contribution in [2.24, 2.45) is 0 Å². The Morgan fingerprint density at radius 1 is 0.947 bits per heavy atom. The fourth-order valence-electron chi connectivity index (χ4n) is 2.31. The van der Waals surface area contributed by atoms with Gasteiger partial charge in [-0.15, -0.1) is 0 Å². The number of hydrogen-bond acceptors (Lipinski definition) is 4. The Morgan fingerprint density at radius 2 is 1.68 bits per heavy atom. The van der Waals surface area contributed by atoms with Gasteiger partial charge in [0.2, 0.25) is 0 Å². The van der Waals surface area contributed by atoms with Gasteiger partial charge in [0.1, 0.15) is 0 Å². The van der Waals surface area contributed by atoms with Crippen molar-refractivity contribution in [3.8, 4) is 0 Å². The van der Waals surface area contributed by atoms with Crippen LogP contribution in [0.2, 0.25) is 0 Å². The van der Waals surface area contributed by atoms with Crippen LogP contribution in [0.5, 0.6) is 0 Å². The molecule has 0 spiro atoms. The summed E-state index contributed by atoms with van der Waals surface area (Å²) in [6.07, 6.45) is 0. The molecule has 106 valence electrons. The summed E-state index contributed by atoms with van der Waals surface area (Å²) < 4.78 is 10.5. The molecule has 0 saturated carbocycles. The Hall–Kier alpha value is -1.10. The molecule has 1 heterocycles. The van der Waals surface area contributed by atoms with Crippen molar-refractivity contribution in [3.63, 3.8) is 0 Å². The molecular weight excluding hydrogens is 240 g/mol. The van der Waals surface area contributed by atoms with Gasteiger partial charge < -0.3 is 14.4 Å². The summed E-state index contributed by atoms with van der Waals surface area (Å²) in [4.78, 5) is 4.91. The number of ether oxygens (including phenoxy) is 2. The molecule has 0 aromatic heterocycles. The predicted molar refractivity (Wildman–Crippen MR) is 77.8 cm³/mol. The minimum absolute atomic E-state index is 0.682. The van der Waals surface area contributed by atoms with E-state index < -0.39 is 0 Å². The van der Waals surface area contributed by atoms with Gasteiger partial charge in [0, 0.05) is 45.5 Å². The average Bonchev–Trinajstić information content (AvgIpc) is 2.49. The smallest absolute Gasteiger partial charge is 0.0700 e. The summed E-state index contributed by atoms with van der Waals surface area (Å²) in [6, 6.07) is 10.6. The highest BCUT2D eigenvalue weighted by molar-refractivity contribution is 5.46. The number of piperazine rings is 1. The molecule has 0 atom stereocenters. The number of rotatable bonds is 7. The number of benzene rings is 1. The van der Waals surface area contributed by atoms with E-state index in [1.54, 1.807) is 7.11 Å². The second-order valence-electron chi connectivity index (χ2n) is 4.77. The van der Waals surface area contributed by atoms with Crippen molar-refractivity contribution < 1.29 is 9.47 Å². The van der Waals surface area contributed by atoms with E-state index in [1.807, 2.05) is 0 Å². The first-order chi connectivity index (χ1) is 9.40. The molecule has 0 bridgehead atoms. The molecule has 0 amide bonds. The van der Waals surface area contributed by atoms with Gasteiger partial charge in [-0.05, 0) is 12.1 Å². The molecular formula is C15H24N2O2. The Bertz CT molecular complexity index is 337. The number of nitrogens with zero attached hydrogens (tertiary/aromatic N) is 2. The van der Waals surface area contributed by atoms with Crippen LogP contribution in [0.15, 0.2) is 30.3 Å². The molecule has 0 aliphatic carbocycles. The summed E-state index contributed by atoms with van der Waals surface area (Å²) >= 11 is 0. The van der Waals surface area contributed by atoms with Gasteiger partial charge in [-0.25, -0.2) is 0 Å². The number of hydrogen-bond donors (Lipinski definition) is 0. The monoisotopic (exact) mass is 264 g/mol. The maximum Gasteiger partial charge on any atom is 0.0700 e. The summed E-state index contributed by atoms with van der Waals surface area (Å²) in [6.45, 7) is 7.62. The minimum Gasteiger partial charge on any atom is -0.382 e. The molecule has 1 saturated heterocycles. The molecule has 1 aromatic rings. The van der Waals surface area contributed by atoms with Crippen LogP contribution in [-0.4, -0.2) is 64.6 Å². The maximum absolute atomic E-state index is 5.51. The van der Waals surface area contributed by atoms with Crippen molar-refractivity contribution in [2.75, 3.05) is 64.6 Å². The zero-order chi connectivity index (χ0) is 13.3. The molecule has 2 rings (SSSR count). The minimum atomic E-state index is 0.682. The Morgan fingerprint density at radius 3 is 2.37 bits per heavy atom. The molecule has 1 aromatic carbocycles. The summed E-state index contributed by atoms with van der Waals surface area (Å²) in [7, 11) is 1.70. The highest BCUT2D eigenvalue weighted by atomic mass is 16.5. The lowest BCUT2D eigenvalue weighted by Gasteiger charge is -2.36. The summed E-state index contributed by atoms with van der Waals surface area (Å²) in [5.74, 6) is 0. The van der Waals surface area contributed by atoms with Crippen LogP contribution in [0.25, 0.3) is 0 Å². The van der Waals surface area contributed by atoms with Crippen molar-refractivity contribution in [2.45, 2.75) is 0 Å². The molecule has 0 unspecified atom stereocenters. The number of methoxy groups -OCH3 is 1. The second-order valence-corrected chi connectivity index (χ2v) is 4.77. The zero-order valence-corrected chi connectivity index (χ0v) is 11.8. The van der Waals surface area contributed by atoms with Gasteiger partial charge in [0.25, 0.3) is 0 Å². The van der Waals surface area contributed by atoms with Crippen molar-refractivity contribution in [1.29, 1.82) is 0 Å². The molecule has 1 aliphatic rings. The first-order valence-corrected chi connectivity index (χ1v) is 6.99. The van der Waals surface area contributed by atoms with Crippen LogP contribution < -0.4 is 4.90 Å². The first kappa shape index (κ1) is 14.3. The van der Waals surface area contributed by atoms with Crippen molar-refractivity contribution in [1.82, 2.24) is 4.90 Å². The summed E-state index contributed by atoms with van der Waals surface area (Å²) in [5, 5.41) is 0. The first-order valence-electron chi connectivity index (χ1n) is 6.99. The fraction of sp³-hybridized carbons (Fsp3) is 0.600. The molecule has 4 heteroatoms. The fourth-order valence-corrected chi connectivity index (χ4v) is 2.31. The Kier molecular flexibility index (Phi) is 6.14. The molecule has 0 radical (unpaired) electrons. The van der Waals surface area contributed by atoms with Gasteiger partial charge in [-0.1, -0.05) is 18.2 Å². The molecule has 0 N–H and O–H groups in total. The van der Waals surface area contributed by atoms with Crippen LogP contribution in [0, 0.1) is 0 Å². The lowest BCUT2D eigenvalue weighted by Crippen LogP contribution is -2.47. The second kappa shape index (κ2) is 8.15. The lowest BCUT2D eigenvalue weighted by atomic mass is 10.2. The maximum atomic E-state index is 5.51. The van der Waals surface area contributed by atoms with E-state index >= 15 is 0 Å². The van der Waals surface area contributed by atoms with E-state index in [2.05, 4.69) is 40.1 Å². The highest BCUT2D eigenvalue weighted by Gasteiger charge is 2.16. The average molecular weight is 264 g/mol. The van der Waals surface area contributed by atoms with Gasteiger partial charge in [-0.3, -0.25) is 4.90 Å². The standard InChI is InChI=1S/C15H24N2O2/c1-18-13-14-19-12-11-16-7-9-17(10-8-16)15-5-3-2-4-6-15/h2-6H,7-14H2,1H3. The van der Waals surface area contributed by atoms with E-state index in [0.717, 1.165) is 39.3 Å². The predicted octanol–water partition coefficient (Wildman–Crippen LogP) is 1.47. The van der Waals surface area contributed by atoms with Crippen LogP contribution in [0.4, 0.5) is 5.69 Å². The topological polar surface area (TPSA) is 24.9 Å². The molecule has 19 heavy (non-hydrogen) atoms. The van der Waals surface area contributed by atoms with Crippen LogP contribution in [0.1, 0.15) is 0 Å². The van der Waals surface area contributed by atoms with Crippen molar-refractivity contribution in [3.05, 3.63) is 30.3 Å². The van der Waals surface area contributed by atoms with Gasteiger partial charge >= 0.3 is 0 Å². The van der Waals surface area contributed by atoms with Gasteiger partial charge in [0.05, 0.1) is 19.8 Å². The Labute approximate surface area is 115 Å².